The zero-order valence-corrected chi connectivity index (χ0v) is 19.3. The van der Waals surface area contributed by atoms with Crippen molar-refractivity contribution in [2.45, 2.75) is 34.1 Å². The first kappa shape index (κ1) is 29.0. The first-order valence-electron chi connectivity index (χ1n) is 9.30. The fourth-order valence-electron chi connectivity index (χ4n) is 2.51. The molecule has 1 atom stereocenters. The summed E-state index contributed by atoms with van der Waals surface area (Å²) in [6, 6.07) is 7.07. The monoisotopic (exact) mass is 561 g/mol. The number of thioether (sulfide) groups is 1. The van der Waals surface area contributed by atoms with Crippen molar-refractivity contribution in [1.29, 1.82) is 0 Å². The van der Waals surface area contributed by atoms with Crippen LogP contribution < -0.4 is 10.6 Å². The smallest absolute Gasteiger partial charge is 0.326 e. The second kappa shape index (κ2) is 10.8. The summed E-state index contributed by atoms with van der Waals surface area (Å²) >= 11 is -1.26. The molecule has 8 nitrogen and oxygen atoms in total. The number of anilines is 2. The molecule has 0 saturated heterocycles. The molecule has 2 amide bonds. The van der Waals surface area contributed by atoms with Crippen LogP contribution in [0.4, 0.5) is 47.8 Å². The number of nitrogens with one attached hydrogen (secondary N) is 2. The van der Waals surface area contributed by atoms with Gasteiger partial charge in [-0.3, -0.25) is 23.9 Å². The van der Waals surface area contributed by atoms with E-state index in [0.29, 0.717) is 17.8 Å². The highest BCUT2D eigenvalue weighted by molar-refractivity contribution is 8.00. The van der Waals surface area contributed by atoms with Gasteiger partial charge in [0.1, 0.15) is 10.6 Å². The van der Waals surface area contributed by atoms with Gasteiger partial charge in [0.15, 0.2) is 0 Å². The third-order valence-corrected chi connectivity index (χ3v) is 6.45. The Balaban J connectivity index is 2.18. The molecule has 2 aromatic rings. The van der Waals surface area contributed by atoms with E-state index in [1.165, 1.54) is 31.2 Å². The van der Waals surface area contributed by atoms with Crippen molar-refractivity contribution in [1.82, 2.24) is 0 Å². The van der Waals surface area contributed by atoms with Gasteiger partial charge in [-0.05, 0) is 48.2 Å². The highest BCUT2D eigenvalue weighted by Gasteiger charge is 2.73. The summed E-state index contributed by atoms with van der Waals surface area (Å²) in [6.45, 7) is 1.28. The number of nitro benzene ring substituents is 1. The Morgan fingerprint density at radius 1 is 0.972 bits per heavy atom. The molecule has 0 fully saturated rings. The Hall–Kier alpha value is -3.21. The summed E-state index contributed by atoms with van der Waals surface area (Å²) < 4.78 is 103. The summed E-state index contributed by atoms with van der Waals surface area (Å²) in [5.41, 5.74) is -0.506. The lowest BCUT2D eigenvalue weighted by atomic mass is 10.3. The van der Waals surface area contributed by atoms with Gasteiger partial charge in [0, 0.05) is 29.3 Å². The lowest BCUT2D eigenvalue weighted by Gasteiger charge is -2.27. The number of carbonyl (C=O) groups excluding carboxylic acids is 2. The zero-order chi connectivity index (χ0) is 27.5. The van der Waals surface area contributed by atoms with E-state index in [1.807, 2.05) is 0 Å². The van der Waals surface area contributed by atoms with Crippen molar-refractivity contribution < 1.29 is 49.5 Å². The van der Waals surface area contributed by atoms with Crippen LogP contribution in [0.15, 0.2) is 52.3 Å². The molecule has 0 saturated carbocycles. The molecule has 1 unspecified atom stereocenters. The third kappa shape index (κ3) is 6.93. The molecule has 0 radical (unpaired) electrons. The van der Waals surface area contributed by atoms with Crippen molar-refractivity contribution in [2.75, 3.05) is 16.4 Å². The summed E-state index contributed by atoms with van der Waals surface area (Å²) in [6.07, 6.45) is -6.59. The van der Waals surface area contributed by atoms with Gasteiger partial charge in [0.2, 0.25) is 11.8 Å². The molecule has 0 aromatic heterocycles. The van der Waals surface area contributed by atoms with Gasteiger partial charge in [-0.25, -0.2) is 0 Å². The second-order valence-corrected chi connectivity index (χ2v) is 9.48. The van der Waals surface area contributed by atoms with Gasteiger partial charge < -0.3 is 10.6 Å². The Morgan fingerprint density at radius 2 is 1.50 bits per heavy atom. The van der Waals surface area contributed by atoms with Crippen LogP contribution in [0.5, 0.6) is 0 Å². The molecule has 0 aliphatic carbocycles. The third-order valence-electron chi connectivity index (χ3n) is 4.09. The molecule has 0 heterocycles. The lowest BCUT2D eigenvalue weighted by molar-refractivity contribution is -0.388. The van der Waals surface area contributed by atoms with Crippen molar-refractivity contribution in [3.05, 3.63) is 52.6 Å². The van der Waals surface area contributed by atoms with Crippen LogP contribution in [0.25, 0.3) is 0 Å². The predicted octanol–water partition coefficient (Wildman–Crippen LogP) is 5.18. The Bertz CT molecular complexity index is 1190. The molecule has 2 rings (SSSR count). The van der Waals surface area contributed by atoms with Crippen LogP contribution in [0.1, 0.15) is 6.92 Å². The summed E-state index contributed by atoms with van der Waals surface area (Å²) in [5, 5.41) is 10.4. The van der Waals surface area contributed by atoms with Crippen LogP contribution in [-0.2, 0) is 20.4 Å². The number of hydrogen-bond donors (Lipinski definition) is 2. The molecule has 17 heteroatoms. The van der Waals surface area contributed by atoms with Gasteiger partial charge in [-0.15, -0.1) is 0 Å². The first-order valence-corrected chi connectivity index (χ1v) is 11.4. The van der Waals surface area contributed by atoms with Crippen molar-refractivity contribution >= 4 is 51.4 Å². The van der Waals surface area contributed by atoms with Gasteiger partial charge >= 0.3 is 17.4 Å². The number of carbonyl (C=O) groups is 2. The number of amides is 2. The largest absolute Gasteiger partial charge is 0.460 e. The maximum absolute atomic E-state index is 13.6. The second-order valence-electron chi connectivity index (χ2n) is 6.87. The summed E-state index contributed by atoms with van der Waals surface area (Å²) in [5.74, 6) is -8.52. The molecule has 0 aliphatic heterocycles. The standard InChI is InChI=1S/C19H14F7N3O5S2/c1-10(30)27-11-2-4-12(5-3-11)28-16(31)9-36(34)15-7-6-13(8-14(15)29(32)33)35-19(25,26)17(20,21)18(22,23)24/h2-8H,9H2,1H3,(H,27,30)(H,28,31). The van der Waals surface area contributed by atoms with Crippen molar-refractivity contribution in [2.24, 2.45) is 0 Å². The van der Waals surface area contributed by atoms with Crippen LogP contribution in [0, 0.1) is 10.1 Å². The molecule has 196 valence electrons. The average molecular weight is 561 g/mol. The van der Waals surface area contributed by atoms with E-state index in [1.54, 1.807) is 0 Å². The minimum absolute atomic E-state index is 0.208. The van der Waals surface area contributed by atoms with E-state index in [-0.39, 0.29) is 17.7 Å². The topological polar surface area (TPSA) is 118 Å². The van der Waals surface area contributed by atoms with E-state index < -0.39 is 72.0 Å². The van der Waals surface area contributed by atoms with E-state index >= 15 is 0 Å². The Kier molecular flexibility index (Phi) is 8.72. The zero-order valence-electron chi connectivity index (χ0n) is 17.7. The van der Waals surface area contributed by atoms with Gasteiger partial charge in [-0.1, -0.05) is 0 Å². The fourth-order valence-corrected chi connectivity index (χ4v) is 4.41. The summed E-state index contributed by atoms with van der Waals surface area (Å²) in [7, 11) is -2.43. The van der Waals surface area contributed by atoms with Crippen molar-refractivity contribution in [3.63, 3.8) is 0 Å². The first-order chi connectivity index (χ1) is 16.4. The van der Waals surface area contributed by atoms with Crippen LogP contribution >= 0.6 is 11.8 Å². The SMILES string of the molecule is CC(=O)Nc1ccc(NC(=O)CS(=O)c2ccc(SC(F)(F)C(F)(F)C(F)(F)F)cc2[N+](=O)[O-])cc1. The number of nitrogens with zero attached hydrogens (tertiary/aromatic N) is 1. The number of alkyl halides is 7. The predicted molar refractivity (Wildman–Crippen MR) is 116 cm³/mol. The van der Waals surface area contributed by atoms with Crippen LogP contribution in [-0.4, -0.2) is 44.1 Å². The van der Waals surface area contributed by atoms with Gasteiger partial charge in [0.25, 0.3) is 5.69 Å². The number of halogens is 7. The number of nitro groups is 1. The Morgan fingerprint density at radius 3 is 1.97 bits per heavy atom. The van der Waals surface area contributed by atoms with Crippen molar-refractivity contribution in [3.8, 4) is 0 Å². The minimum Gasteiger partial charge on any atom is -0.326 e. The van der Waals surface area contributed by atoms with E-state index in [9.17, 15) is 54.6 Å². The Labute approximate surface area is 204 Å². The van der Waals surface area contributed by atoms with E-state index in [2.05, 4.69) is 10.6 Å². The van der Waals surface area contributed by atoms with E-state index in [0.717, 1.165) is 0 Å². The molecule has 0 aliphatic rings. The van der Waals surface area contributed by atoms with Gasteiger partial charge in [-0.2, -0.15) is 30.7 Å². The molecule has 0 spiro atoms. The molecule has 36 heavy (non-hydrogen) atoms. The number of hydrogen-bond acceptors (Lipinski definition) is 6. The van der Waals surface area contributed by atoms with Crippen LogP contribution in [0.3, 0.4) is 0 Å². The summed E-state index contributed by atoms with van der Waals surface area (Å²) in [4.78, 5) is 31.6. The van der Waals surface area contributed by atoms with E-state index in [4.69, 9.17) is 0 Å². The van der Waals surface area contributed by atoms with Crippen LogP contribution in [0.2, 0.25) is 0 Å². The molecular weight excluding hydrogens is 547 g/mol. The minimum atomic E-state index is -6.59. The maximum atomic E-state index is 13.6. The highest BCUT2D eigenvalue weighted by Crippen LogP contribution is 2.54. The normalized spacial score (nSPS) is 13.1. The lowest BCUT2D eigenvalue weighted by Crippen LogP contribution is -2.49. The maximum Gasteiger partial charge on any atom is 0.460 e. The number of benzene rings is 2. The molecule has 0 bridgehead atoms. The molecular formula is C19H14F7N3O5S2. The van der Waals surface area contributed by atoms with Gasteiger partial charge in [0.05, 0.1) is 15.7 Å². The highest BCUT2D eigenvalue weighted by atomic mass is 32.2. The molecule has 2 N–H and O–H groups in total. The fraction of sp³-hybridized carbons (Fsp3) is 0.263. The molecule has 2 aromatic carbocycles. The quantitative estimate of drug-likeness (QED) is 0.189. The average Bonchev–Trinajstić information content (AvgIpc) is 2.73. The number of rotatable bonds is 9.